The fourth-order valence-corrected chi connectivity index (χ4v) is 1.32. The number of nitrogens with zero attached hydrogens (tertiary/aromatic N) is 4. The summed E-state index contributed by atoms with van der Waals surface area (Å²) in [5.74, 6) is 0.561. The fourth-order valence-electron chi connectivity index (χ4n) is 1.13. The summed E-state index contributed by atoms with van der Waals surface area (Å²) < 4.78 is 1.69. The van der Waals surface area contributed by atoms with Gasteiger partial charge in [0.1, 0.15) is 0 Å². The second-order valence-corrected chi connectivity index (χ2v) is 3.18. The maximum absolute atomic E-state index is 5.60. The van der Waals surface area contributed by atoms with Crippen LogP contribution in [-0.4, -0.2) is 25.9 Å². The molecular formula is C9H9ClN4. The highest BCUT2D eigenvalue weighted by Crippen LogP contribution is 2.04. The second kappa shape index (κ2) is 4.19. The van der Waals surface area contributed by atoms with Gasteiger partial charge in [-0.3, -0.25) is 4.98 Å². The van der Waals surface area contributed by atoms with E-state index in [1.54, 1.807) is 17.1 Å². The van der Waals surface area contributed by atoms with Crippen molar-refractivity contribution in [2.24, 2.45) is 0 Å². The van der Waals surface area contributed by atoms with Gasteiger partial charge >= 0.3 is 0 Å². The number of hydrogen-bond donors (Lipinski definition) is 0. The number of alkyl halides is 1. The van der Waals surface area contributed by atoms with Gasteiger partial charge in [0.05, 0.1) is 23.8 Å². The van der Waals surface area contributed by atoms with Crippen LogP contribution in [0.2, 0.25) is 0 Å². The van der Waals surface area contributed by atoms with Crippen molar-refractivity contribution in [2.75, 3.05) is 5.88 Å². The molecule has 5 heteroatoms. The van der Waals surface area contributed by atoms with Gasteiger partial charge in [-0.25, -0.2) is 4.68 Å². The first kappa shape index (κ1) is 9.15. The minimum atomic E-state index is 0.561. The van der Waals surface area contributed by atoms with Crippen LogP contribution in [0, 0.1) is 0 Å². The molecule has 2 heterocycles. The zero-order valence-electron chi connectivity index (χ0n) is 7.47. The Kier molecular flexibility index (Phi) is 2.74. The first-order valence-electron chi connectivity index (χ1n) is 4.28. The lowest BCUT2D eigenvalue weighted by Crippen LogP contribution is -1.94. The summed E-state index contributed by atoms with van der Waals surface area (Å²) in [6.07, 6.45) is 6.06. The topological polar surface area (TPSA) is 43.6 Å². The van der Waals surface area contributed by atoms with E-state index >= 15 is 0 Å². The molecule has 0 aliphatic carbocycles. The predicted octanol–water partition coefficient (Wildman–Crippen LogP) is 1.44. The molecule has 4 nitrogen and oxygen atoms in total. The summed E-state index contributed by atoms with van der Waals surface area (Å²) in [5.41, 5.74) is 1.80. The minimum absolute atomic E-state index is 0.561. The van der Waals surface area contributed by atoms with E-state index in [-0.39, 0.29) is 0 Å². The third-order valence-corrected chi connectivity index (χ3v) is 1.99. The highest BCUT2D eigenvalue weighted by molar-refractivity contribution is 6.17. The van der Waals surface area contributed by atoms with E-state index in [4.69, 9.17) is 11.6 Å². The van der Waals surface area contributed by atoms with E-state index in [9.17, 15) is 0 Å². The molecule has 0 fully saturated rings. The van der Waals surface area contributed by atoms with Gasteiger partial charge in [-0.05, 0) is 12.1 Å². The maximum atomic E-state index is 5.60. The first-order chi connectivity index (χ1) is 6.90. The summed E-state index contributed by atoms with van der Waals surface area (Å²) >= 11 is 5.60. The monoisotopic (exact) mass is 208 g/mol. The molecule has 0 saturated heterocycles. The summed E-state index contributed by atoms with van der Waals surface area (Å²) in [6, 6.07) is 3.78. The molecule has 0 amide bonds. The summed E-state index contributed by atoms with van der Waals surface area (Å²) in [5, 5.41) is 7.96. The van der Waals surface area contributed by atoms with Crippen molar-refractivity contribution < 1.29 is 0 Å². The third-order valence-electron chi connectivity index (χ3n) is 1.80. The Balaban J connectivity index is 2.25. The first-order valence-corrected chi connectivity index (χ1v) is 4.81. The molecular weight excluding hydrogens is 200 g/mol. The normalized spacial score (nSPS) is 10.4. The van der Waals surface area contributed by atoms with Crippen molar-refractivity contribution in [2.45, 2.75) is 6.42 Å². The Morgan fingerprint density at radius 3 is 3.07 bits per heavy atom. The zero-order valence-corrected chi connectivity index (χ0v) is 8.22. The van der Waals surface area contributed by atoms with Crippen LogP contribution in [0.15, 0.2) is 30.7 Å². The van der Waals surface area contributed by atoms with Crippen LogP contribution in [0.25, 0.3) is 5.69 Å². The van der Waals surface area contributed by atoms with Crippen molar-refractivity contribution in [1.29, 1.82) is 0 Å². The second-order valence-electron chi connectivity index (χ2n) is 2.80. The van der Waals surface area contributed by atoms with Gasteiger partial charge < -0.3 is 0 Å². The van der Waals surface area contributed by atoms with Crippen LogP contribution >= 0.6 is 11.6 Å². The molecule has 2 aromatic heterocycles. The Morgan fingerprint density at radius 2 is 2.36 bits per heavy atom. The number of aryl methyl sites for hydroxylation is 1. The van der Waals surface area contributed by atoms with Crippen molar-refractivity contribution in [3.63, 3.8) is 0 Å². The quantitative estimate of drug-likeness (QED) is 0.717. The summed E-state index contributed by atoms with van der Waals surface area (Å²) in [7, 11) is 0. The van der Waals surface area contributed by atoms with Crippen LogP contribution in [0.5, 0.6) is 0 Å². The molecule has 0 atom stereocenters. The number of aromatic nitrogens is 4. The molecule has 2 rings (SSSR count). The van der Waals surface area contributed by atoms with Crippen molar-refractivity contribution >= 4 is 11.6 Å². The van der Waals surface area contributed by atoms with Crippen molar-refractivity contribution in [3.05, 3.63) is 36.4 Å². The molecule has 0 bridgehead atoms. The van der Waals surface area contributed by atoms with E-state index in [0.717, 1.165) is 17.8 Å². The Bertz CT molecular complexity index is 398. The lowest BCUT2D eigenvalue weighted by molar-refractivity contribution is 0.794. The predicted molar refractivity (Wildman–Crippen MR) is 53.6 cm³/mol. The molecule has 0 aromatic carbocycles. The van der Waals surface area contributed by atoms with Gasteiger partial charge in [0.15, 0.2) is 0 Å². The van der Waals surface area contributed by atoms with Crippen molar-refractivity contribution in [1.82, 2.24) is 20.0 Å². The average Bonchev–Trinajstić information content (AvgIpc) is 2.68. The molecule has 0 N–H and O–H groups in total. The molecule has 0 saturated carbocycles. The average molecular weight is 209 g/mol. The van der Waals surface area contributed by atoms with Crippen molar-refractivity contribution in [3.8, 4) is 5.69 Å². The number of hydrogen-bond acceptors (Lipinski definition) is 3. The third kappa shape index (κ3) is 1.90. The van der Waals surface area contributed by atoms with E-state index in [1.165, 1.54) is 0 Å². The highest BCUT2D eigenvalue weighted by atomic mass is 35.5. The van der Waals surface area contributed by atoms with Gasteiger partial charge in [-0.2, -0.15) is 0 Å². The van der Waals surface area contributed by atoms with Crippen LogP contribution in [0.3, 0.4) is 0 Å². The number of rotatable bonds is 3. The van der Waals surface area contributed by atoms with Crippen LogP contribution in [0.1, 0.15) is 5.69 Å². The van der Waals surface area contributed by atoms with Gasteiger partial charge in [0, 0.05) is 18.5 Å². The largest absolute Gasteiger partial charge is 0.262 e. The fraction of sp³-hybridized carbons (Fsp3) is 0.222. The lowest BCUT2D eigenvalue weighted by Gasteiger charge is -1.96. The Labute approximate surface area is 86.5 Å². The van der Waals surface area contributed by atoms with E-state index in [1.807, 2.05) is 18.3 Å². The molecule has 14 heavy (non-hydrogen) atoms. The smallest absolute Gasteiger partial charge is 0.0846 e. The molecule has 0 unspecified atom stereocenters. The number of pyridine rings is 1. The van der Waals surface area contributed by atoms with Gasteiger partial charge in [0.25, 0.3) is 0 Å². The lowest BCUT2D eigenvalue weighted by atomic mass is 10.4. The Hall–Kier alpha value is -1.42. The zero-order chi connectivity index (χ0) is 9.80. The van der Waals surface area contributed by atoms with Crippen LogP contribution in [-0.2, 0) is 6.42 Å². The summed E-state index contributed by atoms with van der Waals surface area (Å²) in [4.78, 5) is 4.00. The van der Waals surface area contributed by atoms with Gasteiger partial charge in [-0.1, -0.05) is 5.21 Å². The standard InChI is InChI=1S/C9H9ClN4/c10-4-3-8-7-14(13-12-8)9-2-1-5-11-6-9/h1-2,5-7H,3-4H2. The molecule has 0 aliphatic rings. The van der Waals surface area contributed by atoms with E-state index in [0.29, 0.717) is 5.88 Å². The van der Waals surface area contributed by atoms with Gasteiger partial charge in [-0.15, -0.1) is 16.7 Å². The molecule has 0 radical (unpaired) electrons. The van der Waals surface area contributed by atoms with E-state index < -0.39 is 0 Å². The Morgan fingerprint density at radius 1 is 1.43 bits per heavy atom. The molecule has 72 valence electrons. The highest BCUT2D eigenvalue weighted by Gasteiger charge is 2.01. The van der Waals surface area contributed by atoms with Gasteiger partial charge in [0.2, 0.25) is 0 Å². The van der Waals surface area contributed by atoms with E-state index in [2.05, 4.69) is 15.3 Å². The molecule has 0 spiro atoms. The van der Waals surface area contributed by atoms with Crippen LogP contribution < -0.4 is 0 Å². The molecule has 2 aromatic rings. The maximum Gasteiger partial charge on any atom is 0.0846 e. The summed E-state index contributed by atoms with van der Waals surface area (Å²) in [6.45, 7) is 0. The van der Waals surface area contributed by atoms with Crippen LogP contribution in [0.4, 0.5) is 0 Å². The minimum Gasteiger partial charge on any atom is -0.262 e. The SMILES string of the molecule is ClCCc1cn(-c2cccnc2)nn1. The molecule has 0 aliphatic heterocycles. The number of halogens is 1.